The molecule has 2 rings (SSSR count). The molecule has 0 spiro atoms. The Kier molecular flexibility index (Phi) is 3.84. The molecule has 0 unspecified atom stereocenters. The molecule has 0 aliphatic heterocycles. The second-order valence-corrected chi connectivity index (χ2v) is 4.11. The molecule has 0 saturated heterocycles. The molecule has 0 N–H and O–H groups in total. The lowest BCUT2D eigenvalue weighted by molar-refractivity contribution is -0.385. The predicted molar refractivity (Wildman–Crippen MR) is 67.5 cm³/mol. The van der Waals surface area contributed by atoms with Gasteiger partial charge < -0.3 is 0 Å². The second kappa shape index (κ2) is 5.56. The Morgan fingerprint density at radius 1 is 1.10 bits per heavy atom. The highest BCUT2D eigenvalue weighted by Gasteiger charge is 2.17. The third kappa shape index (κ3) is 2.85. The van der Waals surface area contributed by atoms with Crippen molar-refractivity contribution in [2.45, 2.75) is 6.42 Å². The van der Waals surface area contributed by atoms with Gasteiger partial charge in [-0.25, -0.2) is 8.78 Å². The summed E-state index contributed by atoms with van der Waals surface area (Å²) in [6, 6.07) is 8.58. The third-order valence-electron chi connectivity index (χ3n) is 2.78. The van der Waals surface area contributed by atoms with Gasteiger partial charge >= 0.3 is 0 Å². The zero-order valence-corrected chi connectivity index (χ0v) is 10.2. The summed E-state index contributed by atoms with van der Waals surface area (Å²) in [7, 11) is 0. The first kappa shape index (κ1) is 13.8. The van der Waals surface area contributed by atoms with E-state index >= 15 is 0 Å². The van der Waals surface area contributed by atoms with E-state index in [9.17, 15) is 23.7 Å². The molecule has 6 heteroatoms. The van der Waals surface area contributed by atoms with Gasteiger partial charge in [-0.3, -0.25) is 14.9 Å². The first-order valence-corrected chi connectivity index (χ1v) is 5.69. The average molecular weight is 277 g/mol. The van der Waals surface area contributed by atoms with Crippen LogP contribution in [-0.2, 0) is 6.42 Å². The molecule has 0 aliphatic carbocycles. The lowest BCUT2D eigenvalue weighted by Crippen LogP contribution is -2.06. The molecule has 4 nitrogen and oxygen atoms in total. The maximum atomic E-state index is 13.1. The van der Waals surface area contributed by atoms with E-state index in [4.69, 9.17) is 0 Å². The van der Waals surface area contributed by atoms with Gasteiger partial charge in [-0.15, -0.1) is 0 Å². The van der Waals surface area contributed by atoms with E-state index in [2.05, 4.69) is 0 Å². The van der Waals surface area contributed by atoms with Crippen LogP contribution in [0, 0.1) is 21.7 Å². The highest BCUT2D eigenvalue weighted by atomic mass is 19.2. The van der Waals surface area contributed by atoms with Gasteiger partial charge in [0.2, 0.25) is 0 Å². The van der Waals surface area contributed by atoms with E-state index in [0.29, 0.717) is 0 Å². The number of nitro benzene ring substituents is 1. The quantitative estimate of drug-likeness (QED) is 0.489. The van der Waals surface area contributed by atoms with Crippen LogP contribution in [0.2, 0.25) is 0 Å². The third-order valence-corrected chi connectivity index (χ3v) is 2.78. The zero-order chi connectivity index (χ0) is 14.7. The summed E-state index contributed by atoms with van der Waals surface area (Å²) < 4.78 is 25.8. The van der Waals surface area contributed by atoms with Gasteiger partial charge in [0.15, 0.2) is 17.4 Å². The van der Waals surface area contributed by atoms with Crippen LogP contribution in [0.1, 0.15) is 15.9 Å². The molecule has 0 amide bonds. The smallest absolute Gasteiger partial charge is 0.273 e. The number of rotatable bonds is 4. The molecule has 0 saturated carbocycles. The molecule has 0 radical (unpaired) electrons. The number of halogens is 2. The summed E-state index contributed by atoms with van der Waals surface area (Å²) in [5.41, 5.74) is 0.0257. The van der Waals surface area contributed by atoms with Crippen LogP contribution in [0.25, 0.3) is 0 Å². The van der Waals surface area contributed by atoms with E-state index in [1.54, 1.807) is 6.07 Å². The number of hydrogen-bond acceptors (Lipinski definition) is 3. The lowest BCUT2D eigenvalue weighted by atomic mass is 10.0. The van der Waals surface area contributed by atoms with E-state index in [-0.39, 0.29) is 23.2 Å². The standard InChI is InChI=1S/C14H9F2NO3/c15-11-6-5-10(7-12(11)16)14(18)8-9-3-1-2-4-13(9)17(19)20/h1-7H,8H2. The molecular formula is C14H9F2NO3. The Bertz CT molecular complexity index is 686. The first-order chi connectivity index (χ1) is 9.49. The van der Waals surface area contributed by atoms with Crippen molar-refractivity contribution >= 4 is 11.5 Å². The Morgan fingerprint density at radius 2 is 1.80 bits per heavy atom. The van der Waals surface area contributed by atoms with Crippen molar-refractivity contribution in [1.29, 1.82) is 0 Å². The number of benzene rings is 2. The topological polar surface area (TPSA) is 60.2 Å². The Morgan fingerprint density at radius 3 is 2.45 bits per heavy atom. The summed E-state index contributed by atoms with van der Waals surface area (Å²) in [5, 5.41) is 10.8. The Balaban J connectivity index is 2.28. The molecule has 0 fully saturated rings. The number of carbonyl (C=O) groups excluding carboxylic acids is 1. The normalized spacial score (nSPS) is 10.3. The van der Waals surface area contributed by atoms with Crippen LogP contribution in [-0.4, -0.2) is 10.7 Å². The van der Waals surface area contributed by atoms with Crippen LogP contribution >= 0.6 is 0 Å². The number of carbonyl (C=O) groups is 1. The summed E-state index contributed by atoms with van der Waals surface area (Å²) in [4.78, 5) is 22.2. The summed E-state index contributed by atoms with van der Waals surface area (Å²) in [6.07, 6.45) is -0.248. The summed E-state index contributed by atoms with van der Waals surface area (Å²) in [6.45, 7) is 0. The fourth-order valence-electron chi connectivity index (χ4n) is 1.78. The van der Waals surface area contributed by atoms with Crippen LogP contribution in [0.3, 0.4) is 0 Å². The number of nitro groups is 1. The molecule has 0 aliphatic rings. The Labute approximate surface area is 112 Å². The van der Waals surface area contributed by atoms with Gasteiger partial charge in [0.1, 0.15) is 0 Å². The minimum Gasteiger partial charge on any atom is -0.294 e. The molecule has 0 aromatic heterocycles. The summed E-state index contributed by atoms with van der Waals surface area (Å²) >= 11 is 0. The second-order valence-electron chi connectivity index (χ2n) is 4.11. The van der Waals surface area contributed by atoms with Crippen LogP contribution < -0.4 is 0 Å². The minimum atomic E-state index is -1.13. The number of para-hydroxylation sites is 1. The van der Waals surface area contributed by atoms with Gasteiger partial charge in [0, 0.05) is 23.6 Å². The lowest BCUT2D eigenvalue weighted by Gasteiger charge is -2.03. The monoisotopic (exact) mass is 277 g/mol. The molecule has 102 valence electrons. The van der Waals surface area contributed by atoms with E-state index in [1.165, 1.54) is 18.2 Å². The van der Waals surface area contributed by atoms with Crippen molar-refractivity contribution in [3.63, 3.8) is 0 Å². The Hall–Kier alpha value is -2.63. The fraction of sp³-hybridized carbons (Fsp3) is 0.0714. The van der Waals surface area contributed by atoms with Crippen molar-refractivity contribution in [2.75, 3.05) is 0 Å². The molecule has 2 aromatic rings. The molecular weight excluding hydrogens is 268 g/mol. The molecule has 0 bridgehead atoms. The van der Waals surface area contributed by atoms with Crippen LogP contribution in [0.5, 0.6) is 0 Å². The van der Waals surface area contributed by atoms with Gasteiger partial charge in [0.05, 0.1) is 4.92 Å². The zero-order valence-electron chi connectivity index (χ0n) is 10.2. The van der Waals surface area contributed by atoms with Crippen LogP contribution in [0.15, 0.2) is 42.5 Å². The van der Waals surface area contributed by atoms with E-state index in [0.717, 1.165) is 18.2 Å². The van der Waals surface area contributed by atoms with Crippen molar-refractivity contribution in [2.24, 2.45) is 0 Å². The highest BCUT2D eigenvalue weighted by molar-refractivity contribution is 5.97. The van der Waals surface area contributed by atoms with Crippen LogP contribution in [0.4, 0.5) is 14.5 Å². The minimum absolute atomic E-state index is 0.0259. The van der Waals surface area contributed by atoms with Crippen molar-refractivity contribution in [3.05, 3.63) is 75.3 Å². The average Bonchev–Trinajstić information content (AvgIpc) is 2.42. The largest absolute Gasteiger partial charge is 0.294 e. The van der Waals surface area contributed by atoms with E-state index < -0.39 is 22.3 Å². The van der Waals surface area contributed by atoms with Gasteiger partial charge in [-0.2, -0.15) is 0 Å². The molecule has 20 heavy (non-hydrogen) atoms. The van der Waals surface area contributed by atoms with Gasteiger partial charge in [-0.1, -0.05) is 18.2 Å². The van der Waals surface area contributed by atoms with E-state index in [1.807, 2.05) is 0 Å². The first-order valence-electron chi connectivity index (χ1n) is 5.69. The van der Waals surface area contributed by atoms with Gasteiger partial charge in [0.25, 0.3) is 5.69 Å². The van der Waals surface area contributed by atoms with Crippen molar-refractivity contribution < 1.29 is 18.5 Å². The highest BCUT2D eigenvalue weighted by Crippen LogP contribution is 2.20. The number of hydrogen-bond donors (Lipinski definition) is 0. The molecule has 2 aromatic carbocycles. The SMILES string of the molecule is O=C(Cc1ccccc1[N+](=O)[O-])c1ccc(F)c(F)c1. The number of ketones is 1. The molecule has 0 atom stereocenters. The summed E-state index contributed by atoms with van der Waals surface area (Å²) in [5.74, 6) is -2.69. The number of Topliss-reactive ketones (excluding diaryl/α,β-unsaturated/α-hetero) is 1. The maximum absolute atomic E-state index is 13.1. The predicted octanol–water partition coefficient (Wildman–Crippen LogP) is 3.30. The molecule has 0 heterocycles. The van der Waals surface area contributed by atoms with Gasteiger partial charge in [-0.05, 0) is 18.2 Å². The maximum Gasteiger partial charge on any atom is 0.273 e. The fourth-order valence-corrected chi connectivity index (χ4v) is 1.78. The van der Waals surface area contributed by atoms with Crippen molar-refractivity contribution in [3.8, 4) is 0 Å². The number of nitrogens with zero attached hydrogens (tertiary/aromatic N) is 1. The van der Waals surface area contributed by atoms with Crippen molar-refractivity contribution in [1.82, 2.24) is 0 Å².